The van der Waals surface area contributed by atoms with Crippen molar-refractivity contribution in [3.05, 3.63) is 0 Å². The van der Waals surface area contributed by atoms with Gasteiger partial charge in [0.15, 0.2) is 5.60 Å². The van der Waals surface area contributed by atoms with Crippen LogP contribution in [0.15, 0.2) is 0 Å². The Labute approximate surface area is 146 Å². The molecule has 0 aromatic carbocycles. The van der Waals surface area contributed by atoms with Gasteiger partial charge in [0, 0.05) is 38.9 Å². The molecule has 5 heteroatoms. The van der Waals surface area contributed by atoms with E-state index in [0.717, 1.165) is 45.6 Å². The van der Waals surface area contributed by atoms with Crippen molar-refractivity contribution in [1.82, 2.24) is 9.80 Å². The van der Waals surface area contributed by atoms with Gasteiger partial charge < -0.3 is 14.7 Å². The summed E-state index contributed by atoms with van der Waals surface area (Å²) >= 11 is 0. The Morgan fingerprint density at radius 2 is 1.88 bits per heavy atom. The zero-order valence-corrected chi connectivity index (χ0v) is 15.2. The fourth-order valence-electron chi connectivity index (χ4n) is 4.74. The van der Waals surface area contributed by atoms with E-state index in [0.29, 0.717) is 24.9 Å². The number of rotatable bonds is 5. The van der Waals surface area contributed by atoms with Crippen molar-refractivity contribution in [1.29, 1.82) is 0 Å². The van der Waals surface area contributed by atoms with Crippen LogP contribution in [0.5, 0.6) is 0 Å². The number of carbonyl (C=O) groups excluding carboxylic acids is 1. The lowest BCUT2D eigenvalue weighted by Gasteiger charge is -2.43. The molecule has 0 radical (unpaired) electrons. The highest BCUT2D eigenvalue weighted by Gasteiger charge is 2.44. The summed E-state index contributed by atoms with van der Waals surface area (Å²) in [6.45, 7) is 3.70. The molecule has 2 aliphatic heterocycles. The monoisotopic (exact) mass is 338 g/mol. The second kappa shape index (κ2) is 8.15. The summed E-state index contributed by atoms with van der Waals surface area (Å²) < 4.78 is 5.42. The van der Waals surface area contributed by atoms with Crippen molar-refractivity contribution >= 4 is 5.91 Å². The summed E-state index contributed by atoms with van der Waals surface area (Å²) in [5, 5.41) is 11.1. The lowest BCUT2D eigenvalue weighted by molar-refractivity contribution is -0.161. The summed E-state index contributed by atoms with van der Waals surface area (Å²) in [7, 11) is 2.04. The van der Waals surface area contributed by atoms with E-state index in [1.54, 1.807) is 0 Å². The molecule has 138 valence electrons. The second-order valence-electron chi connectivity index (χ2n) is 8.15. The highest BCUT2D eigenvalue weighted by atomic mass is 16.5. The lowest BCUT2D eigenvalue weighted by Crippen LogP contribution is -2.60. The van der Waals surface area contributed by atoms with Crippen LogP contribution in [0, 0.1) is 5.92 Å². The Kier molecular flexibility index (Phi) is 6.17. The summed E-state index contributed by atoms with van der Waals surface area (Å²) in [6, 6.07) is 0.421. The number of hydrogen-bond acceptors (Lipinski definition) is 4. The van der Waals surface area contributed by atoms with E-state index >= 15 is 0 Å². The first-order valence-corrected chi connectivity index (χ1v) is 9.88. The lowest BCUT2D eigenvalue weighted by atomic mass is 9.86. The molecule has 1 N–H and O–H groups in total. The molecule has 3 aliphatic rings. The van der Waals surface area contributed by atoms with Gasteiger partial charge in [0.1, 0.15) is 0 Å². The minimum absolute atomic E-state index is 0.0294. The Hall–Kier alpha value is -0.650. The Morgan fingerprint density at radius 1 is 1.17 bits per heavy atom. The minimum atomic E-state index is -1.19. The summed E-state index contributed by atoms with van der Waals surface area (Å²) in [6.07, 6.45) is 9.90. The molecule has 0 unspecified atom stereocenters. The van der Waals surface area contributed by atoms with Crippen molar-refractivity contribution in [2.45, 2.75) is 69.4 Å². The van der Waals surface area contributed by atoms with Crippen LogP contribution in [-0.2, 0) is 9.53 Å². The molecule has 1 saturated carbocycles. The van der Waals surface area contributed by atoms with Crippen LogP contribution in [0.3, 0.4) is 0 Å². The van der Waals surface area contributed by atoms with E-state index in [4.69, 9.17) is 4.74 Å². The molecule has 3 rings (SSSR count). The Balaban J connectivity index is 1.57. The van der Waals surface area contributed by atoms with Gasteiger partial charge in [0.25, 0.3) is 5.91 Å². The summed E-state index contributed by atoms with van der Waals surface area (Å²) in [5.41, 5.74) is -1.19. The van der Waals surface area contributed by atoms with Gasteiger partial charge in [0.05, 0.1) is 0 Å². The first kappa shape index (κ1) is 18.2. The van der Waals surface area contributed by atoms with Crippen molar-refractivity contribution in [2.75, 3.05) is 39.9 Å². The highest BCUT2D eigenvalue weighted by molar-refractivity contribution is 5.86. The second-order valence-corrected chi connectivity index (χ2v) is 8.15. The molecule has 0 aromatic rings. The first-order chi connectivity index (χ1) is 11.6. The minimum Gasteiger partial charge on any atom is -0.381 e. The van der Waals surface area contributed by atoms with Gasteiger partial charge in [-0.25, -0.2) is 0 Å². The molecular weight excluding hydrogens is 304 g/mol. The molecule has 2 saturated heterocycles. The smallest absolute Gasteiger partial charge is 0.255 e. The molecule has 1 atom stereocenters. The molecular formula is C19H34N2O3. The predicted octanol–water partition coefficient (Wildman–Crippen LogP) is 2.03. The number of nitrogens with zero attached hydrogens (tertiary/aromatic N) is 2. The molecule has 1 amide bonds. The molecule has 3 fully saturated rings. The topological polar surface area (TPSA) is 53.0 Å². The third kappa shape index (κ3) is 4.30. The average Bonchev–Trinajstić information content (AvgIpc) is 2.61. The predicted molar refractivity (Wildman–Crippen MR) is 93.8 cm³/mol. The van der Waals surface area contributed by atoms with Crippen LogP contribution >= 0.6 is 0 Å². The number of likely N-dealkylation sites (tertiary alicyclic amines) is 1. The van der Waals surface area contributed by atoms with Crippen LogP contribution in [0.4, 0.5) is 0 Å². The van der Waals surface area contributed by atoms with Crippen LogP contribution in [-0.4, -0.2) is 72.4 Å². The fourth-order valence-corrected chi connectivity index (χ4v) is 4.74. The standard InChI is InChI=1S/C19H34N2O3/c1-20(17-8-12-24-13-9-17)15-19(23)10-5-11-21(18(19)22)14-16-6-3-2-4-7-16/h16-17,23H,2-15H2,1H3/t19-/m1/s1. The van der Waals surface area contributed by atoms with E-state index < -0.39 is 5.60 Å². The van der Waals surface area contributed by atoms with Crippen molar-refractivity contribution in [3.63, 3.8) is 0 Å². The van der Waals surface area contributed by atoms with E-state index in [9.17, 15) is 9.90 Å². The van der Waals surface area contributed by atoms with Crippen molar-refractivity contribution < 1.29 is 14.6 Å². The van der Waals surface area contributed by atoms with Crippen molar-refractivity contribution in [3.8, 4) is 0 Å². The molecule has 24 heavy (non-hydrogen) atoms. The van der Waals surface area contributed by atoms with Crippen LogP contribution in [0.2, 0.25) is 0 Å². The van der Waals surface area contributed by atoms with Gasteiger partial charge in [-0.05, 0) is 51.5 Å². The summed E-state index contributed by atoms with van der Waals surface area (Å²) in [5.74, 6) is 0.608. The fraction of sp³-hybridized carbons (Fsp3) is 0.947. The quantitative estimate of drug-likeness (QED) is 0.833. The molecule has 0 aromatic heterocycles. The zero-order chi connectivity index (χ0) is 17.0. The van der Waals surface area contributed by atoms with Crippen molar-refractivity contribution in [2.24, 2.45) is 5.92 Å². The van der Waals surface area contributed by atoms with E-state index in [2.05, 4.69) is 4.90 Å². The zero-order valence-electron chi connectivity index (χ0n) is 15.2. The number of ether oxygens (including phenoxy) is 1. The number of likely N-dealkylation sites (N-methyl/N-ethyl adjacent to an activating group) is 1. The normalized spacial score (nSPS) is 31.0. The largest absolute Gasteiger partial charge is 0.381 e. The highest BCUT2D eigenvalue weighted by Crippen LogP contribution is 2.29. The van der Waals surface area contributed by atoms with Gasteiger partial charge in [-0.15, -0.1) is 0 Å². The van der Waals surface area contributed by atoms with E-state index in [1.807, 2.05) is 11.9 Å². The maximum absolute atomic E-state index is 13.0. The number of carbonyl (C=O) groups is 1. The summed E-state index contributed by atoms with van der Waals surface area (Å²) in [4.78, 5) is 17.1. The van der Waals surface area contributed by atoms with Gasteiger partial charge in [0.2, 0.25) is 0 Å². The van der Waals surface area contributed by atoms with Gasteiger partial charge >= 0.3 is 0 Å². The Bertz CT molecular complexity index is 419. The SMILES string of the molecule is CN(C[C@]1(O)CCCN(CC2CCCCC2)C1=O)C1CCOCC1. The van der Waals surface area contributed by atoms with Gasteiger partial charge in [-0.3, -0.25) is 9.69 Å². The molecule has 2 heterocycles. The van der Waals surface area contributed by atoms with Gasteiger partial charge in [-0.2, -0.15) is 0 Å². The third-order valence-electron chi connectivity index (χ3n) is 6.23. The van der Waals surface area contributed by atoms with Crippen LogP contribution in [0.25, 0.3) is 0 Å². The first-order valence-electron chi connectivity index (χ1n) is 9.88. The molecule has 0 bridgehead atoms. The maximum atomic E-state index is 13.0. The molecule has 1 aliphatic carbocycles. The number of piperidine rings is 1. The number of hydrogen-bond donors (Lipinski definition) is 1. The van der Waals surface area contributed by atoms with E-state index in [1.165, 1.54) is 32.1 Å². The third-order valence-corrected chi connectivity index (χ3v) is 6.23. The van der Waals surface area contributed by atoms with Crippen LogP contribution in [0.1, 0.15) is 57.8 Å². The maximum Gasteiger partial charge on any atom is 0.255 e. The van der Waals surface area contributed by atoms with Crippen LogP contribution < -0.4 is 0 Å². The number of amides is 1. The Morgan fingerprint density at radius 3 is 2.58 bits per heavy atom. The average molecular weight is 338 g/mol. The molecule has 5 nitrogen and oxygen atoms in total. The molecule has 0 spiro atoms. The van der Waals surface area contributed by atoms with Gasteiger partial charge in [-0.1, -0.05) is 19.3 Å². The number of aliphatic hydroxyl groups is 1. The van der Waals surface area contributed by atoms with E-state index in [-0.39, 0.29) is 5.91 Å².